The van der Waals surface area contributed by atoms with Crippen molar-refractivity contribution in [3.63, 3.8) is 0 Å². The number of ether oxygens (including phenoxy) is 1. The number of nitrogens with zero attached hydrogens (tertiary/aromatic N) is 3. The van der Waals surface area contributed by atoms with E-state index >= 15 is 0 Å². The molecule has 2 aromatic rings. The van der Waals surface area contributed by atoms with Crippen LogP contribution in [0, 0.1) is 5.92 Å². The summed E-state index contributed by atoms with van der Waals surface area (Å²) in [7, 11) is 0. The number of aromatic nitrogens is 3. The van der Waals surface area contributed by atoms with E-state index in [1.165, 1.54) is 19.3 Å². The van der Waals surface area contributed by atoms with Crippen molar-refractivity contribution in [1.29, 1.82) is 0 Å². The van der Waals surface area contributed by atoms with Crippen LogP contribution >= 0.6 is 0 Å². The van der Waals surface area contributed by atoms with Gasteiger partial charge >= 0.3 is 6.01 Å². The van der Waals surface area contributed by atoms with Gasteiger partial charge < -0.3 is 10.1 Å². The number of carbonyl (C=O) groups is 1. The van der Waals surface area contributed by atoms with E-state index in [0.29, 0.717) is 17.6 Å². The van der Waals surface area contributed by atoms with E-state index in [4.69, 9.17) is 4.74 Å². The summed E-state index contributed by atoms with van der Waals surface area (Å²) in [5.41, 5.74) is 0.703. The molecule has 1 N–H and O–H groups in total. The second-order valence-corrected chi connectivity index (χ2v) is 5.64. The van der Waals surface area contributed by atoms with Gasteiger partial charge in [0, 0.05) is 12.2 Å². The predicted molar refractivity (Wildman–Crippen MR) is 78.0 cm³/mol. The van der Waals surface area contributed by atoms with Crippen LogP contribution in [0.2, 0.25) is 0 Å². The lowest BCUT2D eigenvalue weighted by atomic mass is 9.86. The number of nitrogens with one attached hydrogen (secondary N) is 1. The Morgan fingerprint density at radius 3 is 3.10 bits per heavy atom. The van der Waals surface area contributed by atoms with Crippen molar-refractivity contribution in [2.75, 3.05) is 6.61 Å². The van der Waals surface area contributed by atoms with E-state index in [9.17, 15) is 4.79 Å². The van der Waals surface area contributed by atoms with E-state index in [2.05, 4.69) is 22.4 Å². The third-order valence-electron chi connectivity index (χ3n) is 4.07. The van der Waals surface area contributed by atoms with Crippen molar-refractivity contribution in [3.8, 4) is 6.01 Å². The molecule has 1 aliphatic rings. The number of pyridine rings is 1. The number of carbonyl (C=O) groups excluding carboxylic acids is 1. The number of hydrogen-bond donors (Lipinski definition) is 1. The highest BCUT2D eigenvalue weighted by Crippen LogP contribution is 2.23. The number of amides is 1. The summed E-state index contributed by atoms with van der Waals surface area (Å²) >= 11 is 0. The molecule has 0 spiro atoms. The monoisotopic (exact) mass is 288 g/mol. The molecule has 2 heterocycles. The lowest BCUT2D eigenvalue weighted by Crippen LogP contribution is -2.43. The summed E-state index contributed by atoms with van der Waals surface area (Å²) in [6, 6.07) is 6.20. The van der Waals surface area contributed by atoms with E-state index < -0.39 is 0 Å². The van der Waals surface area contributed by atoms with Gasteiger partial charge in [-0.15, -0.1) is 5.10 Å². The maximum atomic E-state index is 12.0. The lowest BCUT2D eigenvalue weighted by molar-refractivity contribution is -0.124. The van der Waals surface area contributed by atoms with Crippen molar-refractivity contribution in [3.05, 3.63) is 24.4 Å². The molecule has 6 nitrogen and oxygen atoms in total. The Balaban J connectivity index is 1.56. The standard InChI is InChI=1S/C15H20N4O2/c1-11-6-2-3-7-12(11)16-14(20)10-21-15-18-17-13-8-4-5-9-19(13)15/h4-5,8-9,11-12H,2-3,6-7,10H2,1H3,(H,16,20)/t11-,12+/m0/s1. The lowest BCUT2D eigenvalue weighted by Gasteiger charge is -2.29. The second-order valence-electron chi connectivity index (χ2n) is 5.64. The minimum Gasteiger partial charge on any atom is -0.453 e. The van der Waals surface area contributed by atoms with Crippen molar-refractivity contribution in [1.82, 2.24) is 19.9 Å². The molecule has 6 heteroatoms. The predicted octanol–water partition coefficient (Wildman–Crippen LogP) is 1.80. The zero-order chi connectivity index (χ0) is 14.7. The maximum Gasteiger partial charge on any atom is 0.322 e. The van der Waals surface area contributed by atoms with E-state index in [1.807, 2.05) is 24.4 Å². The van der Waals surface area contributed by atoms with Gasteiger partial charge in [0.1, 0.15) is 0 Å². The Morgan fingerprint density at radius 1 is 1.38 bits per heavy atom. The molecule has 1 aliphatic carbocycles. The van der Waals surface area contributed by atoms with Crippen LogP contribution in [-0.4, -0.2) is 33.2 Å². The first kappa shape index (κ1) is 13.9. The Labute approximate surface area is 123 Å². The molecule has 0 unspecified atom stereocenters. The fourth-order valence-electron chi connectivity index (χ4n) is 2.83. The first-order valence-corrected chi connectivity index (χ1v) is 7.46. The van der Waals surface area contributed by atoms with Crippen molar-refractivity contribution in [2.24, 2.45) is 5.92 Å². The highest BCUT2D eigenvalue weighted by Gasteiger charge is 2.23. The summed E-state index contributed by atoms with van der Waals surface area (Å²) in [5, 5.41) is 11.0. The summed E-state index contributed by atoms with van der Waals surface area (Å²) in [4.78, 5) is 12.0. The van der Waals surface area contributed by atoms with Crippen molar-refractivity contribution < 1.29 is 9.53 Å². The zero-order valence-corrected chi connectivity index (χ0v) is 12.2. The van der Waals surface area contributed by atoms with Crippen molar-refractivity contribution in [2.45, 2.75) is 38.6 Å². The third kappa shape index (κ3) is 3.15. The van der Waals surface area contributed by atoms with Gasteiger partial charge in [0.15, 0.2) is 12.3 Å². The van der Waals surface area contributed by atoms with E-state index in [-0.39, 0.29) is 18.6 Å². The van der Waals surface area contributed by atoms with E-state index in [0.717, 1.165) is 6.42 Å². The average molecular weight is 288 g/mol. The largest absolute Gasteiger partial charge is 0.453 e. The van der Waals surface area contributed by atoms with Gasteiger partial charge in [0.2, 0.25) is 0 Å². The van der Waals surface area contributed by atoms with Gasteiger partial charge in [-0.1, -0.05) is 30.9 Å². The molecule has 0 aromatic carbocycles. The SMILES string of the molecule is C[C@H]1CCCC[C@H]1NC(=O)COc1nnc2ccccn12. The highest BCUT2D eigenvalue weighted by atomic mass is 16.5. The fourth-order valence-corrected chi connectivity index (χ4v) is 2.83. The van der Waals surface area contributed by atoms with Crippen LogP contribution in [0.5, 0.6) is 6.01 Å². The Morgan fingerprint density at radius 2 is 2.24 bits per heavy atom. The van der Waals surface area contributed by atoms with Crippen LogP contribution in [0.25, 0.3) is 5.65 Å². The molecule has 112 valence electrons. The minimum absolute atomic E-state index is 0.0289. The van der Waals surface area contributed by atoms with Gasteiger partial charge in [-0.05, 0) is 30.9 Å². The molecule has 0 saturated heterocycles. The van der Waals surface area contributed by atoms with Gasteiger partial charge in [-0.25, -0.2) is 0 Å². The first-order chi connectivity index (χ1) is 10.2. The van der Waals surface area contributed by atoms with Gasteiger partial charge in [0.25, 0.3) is 5.91 Å². The first-order valence-electron chi connectivity index (χ1n) is 7.46. The molecule has 1 saturated carbocycles. The average Bonchev–Trinajstić information content (AvgIpc) is 2.91. The Bertz CT molecular complexity index is 625. The molecule has 2 atom stereocenters. The summed E-state index contributed by atoms with van der Waals surface area (Å²) in [5.74, 6) is 0.443. The minimum atomic E-state index is -0.0959. The number of fused-ring (bicyclic) bond motifs is 1. The Hall–Kier alpha value is -2.11. The zero-order valence-electron chi connectivity index (χ0n) is 12.2. The molecule has 1 fully saturated rings. The van der Waals surface area contributed by atoms with Crippen LogP contribution < -0.4 is 10.1 Å². The molecule has 21 heavy (non-hydrogen) atoms. The fraction of sp³-hybridized carbons (Fsp3) is 0.533. The van der Waals surface area contributed by atoms with Crippen LogP contribution in [0.3, 0.4) is 0 Å². The van der Waals surface area contributed by atoms with Gasteiger partial charge in [-0.3, -0.25) is 9.20 Å². The number of rotatable bonds is 4. The topological polar surface area (TPSA) is 68.5 Å². The van der Waals surface area contributed by atoms with Crippen LogP contribution in [0.15, 0.2) is 24.4 Å². The molecule has 3 rings (SSSR count). The van der Waals surface area contributed by atoms with Crippen molar-refractivity contribution >= 4 is 11.6 Å². The van der Waals surface area contributed by atoms with Gasteiger partial charge in [-0.2, -0.15) is 0 Å². The maximum absolute atomic E-state index is 12.0. The van der Waals surface area contributed by atoms with E-state index in [1.54, 1.807) is 4.40 Å². The molecule has 0 aliphatic heterocycles. The summed E-state index contributed by atoms with van der Waals surface area (Å²) < 4.78 is 7.19. The molecule has 1 amide bonds. The normalized spacial score (nSPS) is 22.1. The summed E-state index contributed by atoms with van der Waals surface area (Å²) in [6.45, 7) is 2.16. The molecular formula is C15H20N4O2. The highest BCUT2D eigenvalue weighted by molar-refractivity contribution is 5.77. The summed E-state index contributed by atoms with van der Waals surface area (Å²) in [6.07, 6.45) is 6.49. The van der Waals surface area contributed by atoms with Gasteiger partial charge in [0.05, 0.1) is 0 Å². The molecule has 0 radical (unpaired) electrons. The molecule has 2 aromatic heterocycles. The quantitative estimate of drug-likeness (QED) is 0.931. The smallest absolute Gasteiger partial charge is 0.322 e. The Kier molecular flexibility index (Phi) is 4.03. The van der Waals surface area contributed by atoms with Crippen LogP contribution in [0.4, 0.5) is 0 Å². The third-order valence-corrected chi connectivity index (χ3v) is 4.07. The molecule has 0 bridgehead atoms. The molecular weight excluding hydrogens is 268 g/mol. The van der Waals surface area contributed by atoms with Crippen LogP contribution in [-0.2, 0) is 4.79 Å². The second kappa shape index (κ2) is 6.11. The number of hydrogen-bond acceptors (Lipinski definition) is 4. The van der Waals surface area contributed by atoms with Crippen LogP contribution in [0.1, 0.15) is 32.6 Å².